The molecule has 3 aromatic carbocycles. The number of nitrogens with one attached hydrogen (secondary N) is 1. The second-order valence-electron chi connectivity index (χ2n) is 7.44. The van der Waals surface area contributed by atoms with Crippen molar-refractivity contribution in [3.8, 4) is 34.3 Å². The summed E-state index contributed by atoms with van der Waals surface area (Å²) in [6.07, 6.45) is 0. The maximum atomic E-state index is 12.6. The number of hydrogen-bond donors (Lipinski definition) is 1. The van der Waals surface area contributed by atoms with Crippen LogP contribution in [0.2, 0.25) is 0 Å². The van der Waals surface area contributed by atoms with Gasteiger partial charge in [0, 0.05) is 11.1 Å². The highest BCUT2D eigenvalue weighted by atomic mass is 16.5. The molecule has 5 nitrogen and oxygen atoms in total. The molecule has 0 saturated heterocycles. The molecule has 4 aromatic rings. The Labute approximate surface area is 186 Å². The monoisotopic (exact) mass is 422 g/mol. The van der Waals surface area contributed by atoms with E-state index < -0.39 is 5.91 Å². The number of amides is 1. The predicted molar refractivity (Wildman–Crippen MR) is 124 cm³/mol. The summed E-state index contributed by atoms with van der Waals surface area (Å²) < 4.78 is 11.6. The van der Waals surface area contributed by atoms with E-state index in [1.54, 1.807) is 0 Å². The Morgan fingerprint density at radius 1 is 0.938 bits per heavy atom. The zero-order valence-electron chi connectivity index (χ0n) is 17.9. The number of nitrogens with zero attached hydrogens (tertiary/aromatic N) is 1. The summed E-state index contributed by atoms with van der Waals surface area (Å²) in [5, 5.41) is 12.6. The average Bonchev–Trinajstić information content (AvgIpc) is 3.19. The highest BCUT2D eigenvalue weighted by Crippen LogP contribution is 2.41. The Kier molecular flexibility index (Phi) is 6.05. The van der Waals surface area contributed by atoms with E-state index in [4.69, 9.17) is 9.15 Å². The van der Waals surface area contributed by atoms with Crippen LogP contribution in [-0.4, -0.2) is 12.5 Å². The van der Waals surface area contributed by atoms with E-state index in [1.807, 2.05) is 92.7 Å². The third kappa shape index (κ3) is 4.40. The molecule has 0 radical (unpaired) electrons. The van der Waals surface area contributed by atoms with Gasteiger partial charge in [-0.3, -0.25) is 10.1 Å². The van der Waals surface area contributed by atoms with Crippen LogP contribution in [0.4, 0.5) is 5.88 Å². The zero-order valence-corrected chi connectivity index (χ0v) is 17.9. The minimum absolute atomic E-state index is 0.110. The summed E-state index contributed by atoms with van der Waals surface area (Å²) in [4.78, 5) is 12.6. The fraction of sp³-hybridized carbons (Fsp3) is 0.111. The molecule has 0 bridgehead atoms. The summed E-state index contributed by atoms with van der Waals surface area (Å²) >= 11 is 0. The number of ether oxygens (including phenoxy) is 1. The van der Waals surface area contributed by atoms with Gasteiger partial charge in [-0.25, -0.2) is 0 Å². The molecule has 4 rings (SSSR count). The molecule has 0 aliphatic rings. The molecule has 1 aromatic heterocycles. The molecule has 0 atom stereocenters. The third-order valence-electron chi connectivity index (χ3n) is 5.22. The minimum atomic E-state index is -0.410. The first-order valence-corrected chi connectivity index (χ1v) is 10.2. The largest absolute Gasteiger partial charge is 0.484 e. The molecule has 158 valence electrons. The number of anilines is 1. The molecule has 0 spiro atoms. The SMILES string of the molecule is Cc1ccc(OCC(=O)Nc2oc(-c3ccccc3)c(-c3ccccc3)c2C#N)cc1C. The minimum Gasteiger partial charge on any atom is -0.484 e. The van der Waals surface area contributed by atoms with E-state index in [9.17, 15) is 10.1 Å². The molecule has 1 heterocycles. The predicted octanol–water partition coefficient (Wildman–Crippen LogP) is 6.12. The lowest BCUT2D eigenvalue weighted by Gasteiger charge is -2.08. The van der Waals surface area contributed by atoms with Gasteiger partial charge in [-0.15, -0.1) is 0 Å². The van der Waals surface area contributed by atoms with Crippen LogP contribution in [0.5, 0.6) is 5.75 Å². The maximum absolute atomic E-state index is 12.6. The van der Waals surface area contributed by atoms with Crippen LogP contribution in [-0.2, 0) is 4.79 Å². The lowest BCUT2D eigenvalue weighted by Crippen LogP contribution is -2.20. The first-order valence-electron chi connectivity index (χ1n) is 10.2. The Bertz CT molecular complexity index is 1290. The maximum Gasteiger partial charge on any atom is 0.264 e. The number of aryl methyl sites for hydroxylation is 2. The number of carbonyl (C=O) groups excluding carboxylic acids is 1. The zero-order chi connectivity index (χ0) is 22.5. The van der Waals surface area contributed by atoms with Gasteiger partial charge >= 0.3 is 0 Å². The Balaban J connectivity index is 1.64. The fourth-order valence-corrected chi connectivity index (χ4v) is 3.41. The van der Waals surface area contributed by atoms with Crippen molar-refractivity contribution in [3.05, 3.63) is 95.6 Å². The Hall–Kier alpha value is -4.30. The highest BCUT2D eigenvalue weighted by Gasteiger charge is 2.24. The molecule has 0 saturated carbocycles. The summed E-state index contributed by atoms with van der Waals surface area (Å²) in [6, 6.07) is 26.9. The molecular formula is C27H22N2O3. The van der Waals surface area contributed by atoms with E-state index in [1.165, 1.54) is 0 Å². The molecule has 1 amide bonds. The first-order chi connectivity index (χ1) is 15.6. The van der Waals surface area contributed by atoms with Crippen molar-refractivity contribution in [1.29, 1.82) is 5.26 Å². The van der Waals surface area contributed by atoms with E-state index in [-0.39, 0.29) is 18.1 Å². The molecule has 1 N–H and O–H groups in total. The van der Waals surface area contributed by atoms with Crippen LogP contribution in [0.3, 0.4) is 0 Å². The van der Waals surface area contributed by atoms with Gasteiger partial charge in [-0.1, -0.05) is 66.7 Å². The van der Waals surface area contributed by atoms with Crippen molar-refractivity contribution in [3.63, 3.8) is 0 Å². The van der Waals surface area contributed by atoms with Gasteiger partial charge in [0.25, 0.3) is 5.91 Å². The number of hydrogen-bond acceptors (Lipinski definition) is 4. The lowest BCUT2D eigenvalue weighted by atomic mass is 9.98. The Morgan fingerprint density at radius 3 is 2.22 bits per heavy atom. The van der Waals surface area contributed by atoms with Crippen molar-refractivity contribution < 1.29 is 13.9 Å². The number of rotatable bonds is 6. The average molecular weight is 422 g/mol. The second-order valence-corrected chi connectivity index (χ2v) is 7.44. The number of furan rings is 1. The summed E-state index contributed by atoms with van der Waals surface area (Å²) in [7, 11) is 0. The molecular weight excluding hydrogens is 400 g/mol. The van der Waals surface area contributed by atoms with Gasteiger partial charge in [0.2, 0.25) is 5.88 Å². The summed E-state index contributed by atoms with van der Waals surface area (Å²) in [5.41, 5.74) is 4.80. The van der Waals surface area contributed by atoms with Crippen molar-refractivity contribution in [2.45, 2.75) is 13.8 Å². The second kappa shape index (κ2) is 9.23. The van der Waals surface area contributed by atoms with Crippen molar-refractivity contribution in [2.75, 3.05) is 11.9 Å². The lowest BCUT2D eigenvalue weighted by molar-refractivity contribution is -0.118. The summed E-state index contributed by atoms with van der Waals surface area (Å²) in [6.45, 7) is 3.80. The number of nitriles is 1. The standard InChI is InChI=1S/C27H22N2O3/c1-18-13-14-22(15-19(18)2)31-17-24(30)29-27-23(16-28)25(20-9-5-3-6-10-20)26(32-27)21-11-7-4-8-12-21/h3-15H,17H2,1-2H3,(H,29,30). The van der Waals surface area contributed by atoms with E-state index >= 15 is 0 Å². The highest BCUT2D eigenvalue weighted by molar-refractivity contribution is 5.96. The van der Waals surface area contributed by atoms with Crippen LogP contribution >= 0.6 is 0 Å². The van der Waals surface area contributed by atoms with E-state index in [0.717, 1.165) is 22.3 Å². The van der Waals surface area contributed by atoms with E-state index in [2.05, 4.69) is 11.4 Å². The molecule has 0 aliphatic heterocycles. The van der Waals surface area contributed by atoms with E-state index in [0.29, 0.717) is 17.1 Å². The van der Waals surface area contributed by atoms with Crippen LogP contribution in [0.25, 0.3) is 22.5 Å². The smallest absolute Gasteiger partial charge is 0.264 e. The van der Waals surface area contributed by atoms with Crippen molar-refractivity contribution in [2.24, 2.45) is 0 Å². The quantitative estimate of drug-likeness (QED) is 0.406. The topological polar surface area (TPSA) is 75.3 Å². The third-order valence-corrected chi connectivity index (χ3v) is 5.22. The van der Waals surface area contributed by atoms with Crippen LogP contribution in [0.1, 0.15) is 16.7 Å². The number of carbonyl (C=O) groups is 1. The van der Waals surface area contributed by atoms with Gasteiger partial charge in [-0.2, -0.15) is 5.26 Å². The molecule has 0 unspecified atom stereocenters. The Morgan fingerprint density at radius 2 is 1.59 bits per heavy atom. The molecule has 0 fully saturated rings. The van der Waals surface area contributed by atoms with Crippen LogP contribution in [0, 0.1) is 25.2 Å². The fourth-order valence-electron chi connectivity index (χ4n) is 3.41. The van der Waals surface area contributed by atoms with Gasteiger partial charge in [-0.05, 0) is 42.7 Å². The molecule has 5 heteroatoms. The van der Waals surface area contributed by atoms with Crippen molar-refractivity contribution >= 4 is 11.8 Å². The van der Waals surface area contributed by atoms with Crippen LogP contribution in [0.15, 0.2) is 83.3 Å². The summed E-state index contributed by atoms with van der Waals surface area (Å²) in [5.74, 6) is 0.837. The van der Waals surface area contributed by atoms with Crippen molar-refractivity contribution in [1.82, 2.24) is 0 Å². The molecule has 0 aliphatic carbocycles. The van der Waals surface area contributed by atoms with Crippen LogP contribution < -0.4 is 10.1 Å². The van der Waals surface area contributed by atoms with Gasteiger partial charge in [0.1, 0.15) is 23.1 Å². The van der Waals surface area contributed by atoms with Gasteiger partial charge in [0.15, 0.2) is 6.61 Å². The first kappa shape index (κ1) is 21.0. The normalized spacial score (nSPS) is 10.4. The van der Waals surface area contributed by atoms with Gasteiger partial charge in [0.05, 0.1) is 0 Å². The number of benzene rings is 3. The molecule has 32 heavy (non-hydrogen) atoms. The van der Waals surface area contributed by atoms with Gasteiger partial charge < -0.3 is 9.15 Å².